The first-order valence-corrected chi connectivity index (χ1v) is 20.8. The molecule has 0 bridgehead atoms. The predicted molar refractivity (Wildman–Crippen MR) is 231 cm³/mol. The van der Waals surface area contributed by atoms with Gasteiger partial charge in [0.1, 0.15) is 23.2 Å². The van der Waals surface area contributed by atoms with E-state index in [-0.39, 0.29) is 36.0 Å². The second kappa shape index (κ2) is 26.5. The van der Waals surface area contributed by atoms with Crippen LogP contribution in [0.25, 0.3) is 0 Å². The molecule has 2 atom stereocenters. The molecule has 11 heteroatoms. The van der Waals surface area contributed by atoms with Gasteiger partial charge in [-0.2, -0.15) is 4.98 Å². The summed E-state index contributed by atoms with van der Waals surface area (Å²) in [6, 6.07) is 7.60. The molecule has 0 spiro atoms. The van der Waals surface area contributed by atoms with E-state index in [1.54, 1.807) is 25.3 Å². The Bertz CT molecular complexity index is 1440. The average Bonchev–Trinajstić information content (AvgIpc) is 3.70. The first kappa shape index (κ1) is 48.7. The number of ether oxygens (including phenoxy) is 2. The zero-order chi connectivity index (χ0) is 41.5. The third kappa shape index (κ3) is 15.4. The summed E-state index contributed by atoms with van der Waals surface area (Å²) in [4.78, 5) is 38.2. The molecular formula is C44H75N7O4. The van der Waals surface area contributed by atoms with Crippen LogP contribution < -0.4 is 30.5 Å². The van der Waals surface area contributed by atoms with Crippen molar-refractivity contribution in [1.82, 2.24) is 20.6 Å². The van der Waals surface area contributed by atoms with Crippen molar-refractivity contribution in [2.24, 2.45) is 5.92 Å². The number of carbonyl (C=O) groups is 2. The number of rotatable bonds is 18. The van der Waals surface area contributed by atoms with Crippen molar-refractivity contribution in [2.75, 3.05) is 35.8 Å². The number of likely N-dealkylation sites (N-methyl/N-ethyl adjacent to an activating group) is 1. The standard InChI is InChI=1S/C21H29N5O2.C19H34N2O2.2C2H6/c1-6-14(7-2)26-16(8-3)20(27)25(4)17-13-22-21(24-19(17)26)23-15-11-9-10-12-18(15)28-5;1-14(2)13-18(16(5)23-17-9-6-7-10-17)21-19(22)11-8-12-20-15(3)4;2*1-2/h9-14,16H,6-8H2,1-5H3,(H,22,23,24);14,17-18,20H,3,5-13H2,1-2,4H3,(H,21,22);2*1-2H3. The lowest BCUT2D eigenvalue weighted by Gasteiger charge is -2.44. The van der Waals surface area contributed by atoms with Gasteiger partial charge in [0.05, 0.1) is 31.1 Å². The first-order valence-electron chi connectivity index (χ1n) is 20.8. The monoisotopic (exact) mass is 766 g/mol. The van der Waals surface area contributed by atoms with Gasteiger partial charge in [-0.1, -0.05) is 87.6 Å². The van der Waals surface area contributed by atoms with E-state index in [9.17, 15) is 9.59 Å². The number of nitrogens with zero attached hydrogens (tertiary/aromatic N) is 4. The number of para-hydroxylation sites is 2. The molecule has 1 saturated carbocycles. The fourth-order valence-electron chi connectivity index (χ4n) is 6.67. The number of benzene rings is 1. The minimum Gasteiger partial charge on any atom is -0.495 e. The molecule has 2 heterocycles. The van der Waals surface area contributed by atoms with Gasteiger partial charge in [0.25, 0.3) is 0 Å². The summed E-state index contributed by atoms with van der Waals surface area (Å²) >= 11 is 0. The van der Waals surface area contributed by atoms with Gasteiger partial charge in [0.15, 0.2) is 5.82 Å². The van der Waals surface area contributed by atoms with E-state index in [4.69, 9.17) is 14.5 Å². The van der Waals surface area contributed by atoms with E-state index < -0.39 is 0 Å². The van der Waals surface area contributed by atoms with Gasteiger partial charge in [-0.15, -0.1) is 0 Å². The summed E-state index contributed by atoms with van der Waals surface area (Å²) in [6.07, 6.45) is 11.5. The summed E-state index contributed by atoms with van der Waals surface area (Å²) in [5.74, 6) is 3.37. The topological polar surface area (TPSA) is 121 Å². The van der Waals surface area contributed by atoms with E-state index in [1.807, 2.05) is 65.8 Å². The van der Waals surface area contributed by atoms with Gasteiger partial charge in [0.2, 0.25) is 17.8 Å². The van der Waals surface area contributed by atoms with Crippen LogP contribution in [0.4, 0.5) is 23.1 Å². The van der Waals surface area contributed by atoms with Gasteiger partial charge in [-0.25, -0.2) is 4.98 Å². The largest absolute Gasteiger partial charge is 0.495 e. The molecule has 2 amide bonds. The van der Waals surface area contributed by atoms with Gasteiger partial charge >= 0.3 is 0 Å². The van der Waals surface area contributed by atoms with Crippen molar-refractivity contribution >= 4 is 35.0 Å². The highest BCUT2D eigenvalue weighted by Gasteiger charge is 2.39. The highest BCUT2D eigenvalue weighted by Crippen LogP contribution is 2.38. The number of allylic oxidation sites excluding steroid dienone is 1. The van der Waals surface area contributed by atoms with Crippen molar-refractivity contribution < 1.29 is 19.1 Å². The average molecular weight is 766 g/mol. The molecule has 1 aliphatic heterocycles. The van der Waals surface area contributed by atoms with Crippen LogP contribution in [0.1, 0.15) is 133 Å². The van der Waals surface area contributed by atoms with Crippen LogP contribution >= 0.6 is 0 Å². The fraction of sp³-hybridized carbons (Fsp3) is 0.636. The summed E-state index contributed by atoms with van der Waals surface area (Å²) < 4.78 is 11.4. The molecule has 2 aromatic rings. The van der Waals surface area contributed by atoms with E-state index in [2.05, 4.69) is 66.7 Å². The maximum absolute atomic E-state index is 12.9. The molecule has 11 nitrogen and oxygen atoms in total. The highest BCUT2D eigenvalue weighted by molar-refractivity contribution is 6.04. The van der Waals surface area contributed by atoms with Crippen LogP contribution in [0, 0.1) is 5.92 Å². The molecule has 55 heavy (non-hydrogen) atoms. The second-order valence-corrected chi connectivity index (χ2v) is 14.0. The number of aromatic nitrogens is 2. The van der Waals surface area contributed by atoms with Crippen molar-refractivity contribution in [1.29, 1.82) is 0 Å². The maximum atomic E-state index is 12.9. The van der Waals surface area contributed by atoms with Crippen molar-refractivity contribution in [3.05, 3.63) is 55.1 Å². The Morgan fingerprint density at radius 3 is 2.24 bits per heavy atom. The van der Waals surface area contributed by atoms with E-state index in [1.165, 1.54) is 12.8 Å². The third-order valence-electron chi connectivity index (χ3n) is 9.44. The molecule has 0 radical (unpaired) electrons. The zero-order valence-electron chi connectivity index (χ0n) is 36.4. The number of hydrogen-bond donors (Lipinski definition) is 3. The van der Waals surface area contributed by atoms with Crippen molar-refractivity contribution in [3.8, 4) is 5.75 Å². The number of carbonyl (C=O) groups excluding carboxylic acids is 2. The molecule has 1 fully saturated rings. The molecule has 2 aliphatic rings. The van der Waals surface area contributed by atoms with Crippen molar-refractivity contribution in [3.63, 3.8) is 0 Å². The first-order chi connectivity index (χ1) is 26.4. The lowest BCUT2D eigenvalue weighted by Crippen LogP contribution is -2.56. The van der Waals surface area contributed by atoms with Gasteiger partial charge in [-0.3, -0.25) is 9.59 Å². The minimum atomic E-state index is -0.212. The molecule has 4 rings (SSSR count). The number of fused-ring (bicyclic) bond motifs is 1. The van der Waals surface area contributed by atoms with Gasteiger partial charge in [-0.05, 0) is 82.8 Å². The number of hydrogen-bond acceptors (Lipinski definition) is 9. The molecule has 310 valence electrons. The van der Waals surface area contributed by atoms with Crippen LogP contribution in [-0.4, -0.2) is 66.7 Å². The maximum Gasteiger partial charge on any atom is 0.249 e. The summed E-state index contributed by atoms with van der Waals surface area (Å²) in [5, 5.41) is 9.49. The fourth-order valence-corrected chi connectivity index (χ4v) is 6.67. The Morgan fingerprint density at radius 1 is 1.04 bits per heavy atom. The van der Waals surface area contributed by atoms with E-state index in [0.29, 0.717) is 18.3 Å². The van der Waals surface area contributed by atoms with Crippen LogP contribution in [0.2, 0.25) is 0 Å². The number of nitrogens with one attached hydrogen (secondary N) is 3. The van der Waals surface area contributed by atoms with Gasteiger partial charge in [0, 0.05) is 31.8 Å². The Morgan fingerprint density at radius 2 is 1.67 bits per heavy atom. The molecule has 2 unspecified atom stereocenters. The quantitative estimate of drug-likeness (QED) is 0.101. The zero-order valence-corrected chi connectivity index (χ0v) is 36.4. The minimum absolute atomic E-state index is 0.0651. The van der Waals surface area contributed by atoms with E-state index in [0.717, 1.165) is 85.9 Å². The Balaban J connectivity index is 0.000000514. The lowest BCUT2D eigenvalue weighted by atomic mass is 10.0. The molecular weight excluding hydrogens is 691 g/mol. The molecule has 3 N–H and O–H groups in total. The van der Waals surface area contributed by atoms with E-state index >= 15 is 0 Å². The Hall–Kier alpha value is -4.28. The molecule has 1 aromatic heterocycles. The van der Waals surface area contributed by atoms with Crippen LogP contribution in [0.3, 0.4) is 0 Å². The summed E-state index contributed by atoms with van der Waals surface area (Å²) in [6.45, 7) is 29.2. The van der Waals surface area contributed by atoms with Gasteiger partial charge < -0.3 is 35.2 Å². The normalized spacial score (nSPS) is 15.3. The van der Waals surface area contributed by atoms with Crippen LogP contribution in [0.15, 0.2) is 55.1 Å². The highest BCUT2D eigenvalue weighted by atomic mass is 16.5. The smallest absolute Gasteiger partial charge is 0.249 e. The van der Waals surface area contributed by atoms with Crippen LogP contribution in [-0.2, 0) is 14.3 Å². The lowest BCUT2D eigenvalue weighted by molar-refractivity contribution is -0.122. The van der Waals surface area contributed by atoms with Crippen LogP contribution in [0.5, 0.6) is 5.75 Å². The molecule has 1 aliphatic carbocycles. The number of methoxy groups -OCH3 is 1. The predicted octanol–water partition coefficient (Wildman–Crippen LogP) is 9.92. The second-order valence-electron chi connectivity index (χ2n) is 14.0. The molecule has 1 aromatic carbocycles. The number of anilines is 4. The number of amides is 2. The summed E-state index contributed by atoms with van der Waals surface area (Å²) in [5.41, 5.74) is 2.47. The molecule has 0 saturated heterocycles. The summed E-state index contributed by atoms with van der Waals surface area (Å²) in [7, 11) is 3.43. The van der Waals surface area contributed by atoms with Crippen molar-refractivity contribution in [2.45, 2.75) is 158 Å². The SMILES string of the molecule is C=C(C)NCCCC(=O)NC(CC(C)C)C(=C)OC1CCCC1.CC.CC.CCC(CC)N1c2nc(Nc3ccccc3OC)ncc2N(C)C(=O)C1CC. The third-order valence-corrected chi connectivity index (χ3v) is 9.44. The Labute approximate surface area is 334 Å². The Kier molecular flexibility index (Phi) is 23.5.